The summed E-state index contributed by atoms with van der Waals surface area (Å²) in [6.45, 7) is 1.06. The molecule has 1 fully saturated rings. The Morgan fingerprint density at radius 1 is 1.08 bits per heavy atom. The van der Waals surface area contributed by atoms with Crippen molar-refractivity contribution in [1.29, 1.82) is 0 Å². The summed E-state index contributed by atoms with van der Waals surface area (Å²) in [5.41, 5.74) is 7.54. The van der Waals surface area contributed by atoms with E-state index in [0.29, 0.717) is 13.1 Å². The maximum absolute atomic E-state index is 13.7. The molecule has 0 unspecified atom stereocenters. The van der Waals surface area contributed by atoms with E-state index < -0.39 is 11.6 Å². The van der Waals surface area contributed by atoms with Gasteiger partial charge in [-0.1, -0.05) is 42.5 Å². The number of amides is 1. The Kier molecular flexibility index (Phi) is 6.51. The van der Waals surface area contributed by atoms with Crippen molar-refractivity contribution in [3.8, 4) is 0 Å². The van der Waals surface area contributed by atoms with Gasteiger partial charge in [-0.25, -0.2) is 8.78 Å². The number of benzene rings is 2. The van der Waals surface area contributed by atoms with Gasteiger partial charge >= 0.3 is 0 Å². The summed E-state index contributed by atoms with van der Waals surface area (Å²) >= 11 is 0. The van der Waals surface area contributed by atoms with Crippen LogP contribution in [0.2, 0.25) is 0 Å². The van der Waals surface area contributed by atoms with Crippen molar-refractivity contribution in [2.75, 3.05) is 13.1 Å². The number of hydrogen-bond acceptors (Lipinski definition) is 2. The molecular formula is C19H21ClF2N2O. The predicted octanol–water partition coefficient (Wildman–Crippen LogP) is 3.27. The Labute approximate surface area is 152 Å². The predicted molar refractivity (Wildman–Crippen MR) is 95.7 cm³/mol. The van der Waals surface area contributed by atoms with Crippen molar-refractivity contribution in [3.05, 3.63) is 71.3 Å². The normalized spacial score (nSPS) is 19.6. The van der Waals surface area contributed by atoms with Crippen LogP contribution < -0.4 is 5.73 Å². The Morgan fingerprint density at radius 3 is 2.52 bits per heavy atom. The van der Waals surface area contributed by atoms with Crippen LogP contribution in [0.25, 0.3) is 0 Å². The first-order chi connectivity index (χ1) is 11.6. The third-order valence-corrected chi connectivity index (χ3v) is 4.59. The summed E-state index contributed by atoms with van der Waals surface area (Å²) in [7, 11) is 0. The summed E-state index contributed by atoms with van der Waals surface area (Å²) in [6, 6.07) is 13.8. The lowest BCUT2D eigenvalue weighted by atomic mass is 9.95. The number of rotatable bonds is 4. The number of likely N-dealkylation sites (tertiary alicyclic amines) is 1. The van der Waals surface area contributed by atoms with Crippen molar-refractivity contribution < 1.29 is 13.6 Å². The molecule has 1 amide bonds. The summed E-state index contributed by atoms with van der Waals surface area (Å²) in [6.07, 6.45) is 0.332. The second kappa shape index (κ2) is 8.41. The number of nitrogens with two attached hydrogens (primary N) is 1. The van der Waals surface area contributed by atoms with Crippen LogP contribution >= 0.6 is 12.4 Å². The number of hydrogen-bond donors (Lipinski definition) is 1. The largest absolute Gasteiger partial charge is 0.340 e. The molecule has 0 saturated carbocycles. The second-order valence-electron chi connectivity index (χ2n) is 6.19. The lowest BCUT2D eigenvalue weighted by Crippen LogP contribution is -2.32. The monoisotopic (exact) mass is 366 g/mol. The average molecular weight is 367 g/mol. The lowest BCUT2D eigenvalue weighted by Gasteiger charge is -2.16. The number of nitrogens with zero attached hydrogens (tertiary/aromatic N) is 1. The fourth-order valence-corrected chi connectivity index (χ4v) is 3.23. The van der Waals surface area contributed by atoms with Crippen molar-refractivity contribution in [1.82, 2.24) is 4.90 Å². The molecule has 3 rings (SSSR count). The Hall–Kier alpha value is -1.98. The van der Waals surface area contributed by atoms with Gasteiger partial charge < -0.3 is 10.6 Å². The van der Waals surface area contributed by atoms with Gasteiger partial charge in [-0.05, 0) is 23.6 Å². The van der Waals surface area contributed by atoms with Crippen LogP contribution in [-0.2, 0) is 11.2 Å². The number of carbonyl (C=O) groups excluding carboxylic acids is 1. The molecular weight excluding hydrogens is 346 g/mol. The quantitative estimate of drug-likeness (QED) is 0.902. The molecule has 2 aromatic rings. The number of halogens is 3. The molecule has 0 aliphatic carbocycles. The van der Waals surface area contributed by atoms with Crippen LogP contribution in [0.1, 0.15) is 23.5 Å². The Bertz CT molecular complexity index is 727. The van der Waals surface area contributed by atoms with Gasteiger partial charge in [0.25, 0.3) is 0 Å². The molecule has 2 N–H and O–H groups in total. The molecule has 2 aromatic carbocycles. The van der Waals surface area contributed by atoms with E-state index in [4.69, 9.17) is 5.73 Å². The molecule has 2 atom stereocenters. The van der Waals surface area contributed by atoms with E-state index in [0.717, 1.165) is 11.6 Å². The van der Waals surface area contributed by atoms with Crippen LogP contribution in [0.4, 0.5) is 8.78 Å². The molecule has 1 aliphatic rings. The summed E-state index contributed by atoms with van der Waals surface area (Å²) in [4.78, 5) is 14.1. The highest BCUT2D eigenvalue weighted by atomic mass is 35.5. The highest BCUT2D eigenvalue weighted by Gasteiger charge is 2.33. The third kappa shape index (κ3) is 4.35. The fraction of sp³-hybridized carbons (Fsp3) is 0.316. The van der Waals surface area contributed by atoms with E-state index in [1.807, 2.05) is 30.3 Å². The summed E-state index contributed by atoms with van der Waals surface area (Å²) in [5.74, 6) is -1.72. The van der Waals surface area contributed by atoms with E-state index in [2.05, 4.69) is 0 Å². The van der Waals surface area contributed by atoms with E-state index in [1.54, 1.807) is 4.90 Å². The lowest BCUT2D eigenvalue weighted by molar-refractivity contribution is -0.130. The summed E-state index contributed by atoms with van der Waals surface area (Å²) < 4.78 is 26.9. The SMILES string of the molecule is Cl.N[C@@H]1CN(C(=O)CCc2cccc(F)c2F)C[C@H]1c1ccccc1. The first kappa shape index (κ1) is 19.3. The second-order valence-corrected chi connectivity index (χ2v) is 6.19. The molecule has 3 nitrogen and oxygen atoms in total. The van der Waals surface area contributed by atoms with Crippen LogP contribution in [0.5, 0.6) is 0 Å². The van der Waals surface area contributed by atoms with Crippen molar-refractivity contribution in [3.63, 3.8) is 0 Å². The topological polar surface area (TPSA) is 46.3 Å². The van der Waals surface area contributed by atoms with Crippen molar-refractivity contribution in [2.24, 2.45) is 5.73 Å². The zero-order chi connectivity index (χ0) is 17.1. The highest BCUT2D eigenvalue weighted by molar-refractivity contribution is 5.85. The molecule has 134 valence electrons. The van der Waals surface area contributed by atoms with Crippen molar-refractivity contribution >= 4 is 18.3 Å². The van der Waals surface area contributed by atoms with E-state index in [1.165, 1.54) is 12.1 Å². The molecule has 0 radical (unpaired) electrons. The van der Waals surface area contributed by atoms with E-state index in [-0.39, 0.29) is 48.7 Å². The first-order valence-electron chi connectivity index (χ1n) is 8.07. The van der Waals surface area contributed by atoms with Gasteiger partial charge in [0, 0.05) is 31.5 Å². The molecule has 0 aromatic heterocycles. The minimum atomic E-state index is -0.882. The fourth-order valence-electron chi connectivity index (χ4n) is 3.23. The van der Waals surface area contributed by atoms with Crippen LogP contribution in [0, 0.1) is 11.6 Å². The van der Waals surface area contributed by atoms with Crippen molar-refractivity contribution in [2.45, 2.75) is 24.8 Å². The minimum absolute atomic E-state index is 0. The molecule has 0 bridgehead atoms. The molecule has 1 heterocycles. The molecule has 1 saturated heterocycles. The Balaban J connectivity index is 0.00000225. The zero-order valence-electron chi connectivity index (χ0n) is 13.7. The maximum Gasteiger partial charge on any atom is 0.222 e. The minimum Gasteiger partial charge on any atom is -0.340 e. The third-order valence-electron chi connectivity index (χ3n) is 4.59. The van der Waals surface area contributed by atoms with Crippen LogP contribution in [-0.4, -0.2) is 29.9 Å². The van der Waals surface area contributed by atoms with Crippen LogP contribution in [0.3, 0.4) is 0 Å². The standard InChI is InChI=1S/C19H20F2N2O.ClH/c20-16-8-4-7-14(19(16)21)9-10-18(24)23-11-15(17(22)12-23)13-5-2-1-3-6-13;/h1-8,15,17H,9-12,22H2;1H/t15-,17+;/m0./s1. The average Bonchev–Trinajstić information content (AvgIpc) is 2.98. The smallest absolute Gasteiger partial charge is 0.222 e. The van der Waals surface area contributed by atoms with Gasteiger partial charge in [0.1, 0.15) is 0 Å². The Morgan fingerprint density at radius 2 is 1.80 bits per heavy atom. The summed E-state index contributed by atoms with van der Waals surface area (Å²) in [5, 5.41) is 0. The van der Waals surface area contributed by atoms with E-state index in [9.17, 15) is 13.6 Å². The molecule has 0 spiro atoms. The number of carbonyl (C=O) groups is 1. The van der Waals surface area contributed by atoms with Gasteiger partial charge in [-0.15, -0.1) is 12.4 Å². The first-order valence-corrected chi connectivity index (χ1v) is 8.07. The van der Waals surface area contributed by atoms with Crippen LogP contribution in [0.15, 0.2) is 48.5 Å². The molecule has 1 aliphatic heterocycles. The van der Waals surface area contributed by atoms with Gasteiger partial charge in [0.15, 0.2) is 11.6 Å². The number of aryl methyl sites for hydroxylation is 1. The maximum atomic E-state index is 13.7. The van der Waals surface area contributed by atoms with E-state index >= 15 is 0 Å². The highest BCUT2D eigenvalue weighted by Crippen LogP contribution is 2.27. The van der Waals surface area contributed by atoms with Gasteiger partial charge in [-0.3, -0.25) is 4.79 Å². The molecule has 6 heteroatoms. The van der Waals surface area contributed by atoms with Gasteiger partial charge in [0.05, 0.1) is 0 Å². The van der Waals surface area contributed by atoms with Gasteiger partial charge in [0.2, 0.25) is 5.91 Å². The zero-order valence-corrected chi connectivity index (χ0v) is 14.5. The van der Waals surface area contributed by atoms with Gasteiger partial charge in [-0.2, -0.15) is 0 Å². The molecule has 25 heavy (non-hydrogen) atoms.